The van der Waals surface area contributed by atoms with Crippen LogP contribution in [0.4, 0.5) is 13.2 Å². The van der Waals surface area contributed by atoms with Crippen molar-refractivity contribution in [3.63, 3.8) is 0 Å². The van der Waals surface area contributed by atoms with E-state index in [4.69, 9.17) is 0 Å². The number of pyridine rings is 1. The molecule has 4 rings (SSSR count). The van der Waals surface area contributed by atoms with Crippen LogP contribution in [0.15, 0.2) is 46.5 Å². The van der Waals surface area contributed by atoms with Crippen LogP contribution in [0.5, 0.6) is 0 Å². The number of hydrogen-bond donors (Lipinski definition) is 0. The lowest BCUT2D eigenvalue weighted by molar-refractivity contribution is -0.141. The lowest BCUT2D eigenvalue weighted by Crippen LogP contribution is -2.09. The van der Waals surface area contributed by atoms with Crippen molar-refractivity contribution < 1.29 is 21.6 Å². The van der Waals surface area contributed by atoms with Crippen molar-refractivity contribution in [1.82, 2.24) is 34.3 Å². The molecule has 0 aliphatic heterocycles. The standard InChI is InChI=1S/C16H11BrF3N7O2S/c1-2-30(28,29)11-5-9(27-8-22-15(17)25-27)7-21-14(11)10-3-4-26-13(23-10)6-12(24-26)16(18,19)20/h3-8H,2H2,1H3. The predicted molar refractivity (Wildman–Crippen MR) is 102 cm³/mol. The van der Waals surface area contributed by atoms with E-state index in [2.05, 4.69) is 41.1 Å². The number of aromatic nitrogens is 7. The van der Waals surface area contributed by atoms with Gasteiger partial charge in [-0.25, -0.2) is 27.6 Å². The molecular weight excluding hydrogens is 491 g/mol. The maximum absolute atomic E-state index is 12.9. The zero-order chi connectivity index (χ0) is 21.7. The molecule has 0 unspecified atom stereocenters. The van der Waals surface area contributed by atoms with E-state index in [1.165, 1.54) is 42.5 Å². The molecule has 4 heterocycles. The highest BCUT2D eigenvalue weighted by molar-refractivity contribution is 9.10. The predicted octanol–water partition coefficient (Wildman–Crippen LogP) is 2.95. The van der Waals surface area contributed by atoms with Gasteiger partial charge in [-0.3, -0.25) is 4.98 Å². The minimum absolute atomic E-state index is 0.0111. The van der Waals surface area contributed by atoms with Crippen LogP contribution in [0, 0.1) is 0 Å². The highest BCUT2D eigenvalue weighted by atomic mass is 79.9. The summed E-state index contributed by atoms with van der Waals surface area (Å²) >= 11 is 3.11. The van der Waals surface area contributed by atoms with Gasteiger partial charge in [-0.15, -0.1) is 5.10 Å². The van der Waals surface area contributed by atoms with Crippen molar-refractivity contribution in [2.45, 2.75) is 18.0 Å². The first-order chi connectivity index (χ1) is 14.1. The molecule has 0 radical (unpaired) electrons. The van der Waals surface area contributed by atoms with Gasteiger partial charge in [-0.1, -0.05) is 6.92 Å². The van der Waals surface area contributed by atoms with Crippen LogP contribution in [0.3, 0.4) is 0 Å². The summed E-state index contributed by atoms with van der Waals surface area (Å²) in [6.07, 6.45) is -0.622. The van der Waals surface area contributed by atoms with E-state index in [-0.39, 0.29) is 27.7 Å². The zero-order valence-electron chi connectivity index (χ0n) is 15.0. The van der Waals surface area contributed by atoms with Crippen molar-refractivity contribution in [2.75, 3.05) is 5.75 Å². The lowest BCUT2D eigenvalue weighted by Gasteiger charge is -2.10. The lowest BCUT2D eigenvalue weighted by atomic mass is 10.2. The van der Waals surface area contributed by atoms with Gasteiger partial charge in [0.25, 0.3) is 0 Å². The topological polar surface area (TPSA) is 108 Å². The van der Waals surface area contributed by atoms with Gasteiger partial charge in [-0.2, -0.15) is 18.3 Å². The molecule has 0 atom stereocenters. The SMILES string of the molecule is CCS(=O)(=O)c1cc(-n2cnc(Br)n2)cnc1-c1ccn2nc(C(F)(F)F)cc2n1. The summed E-state index contributed by atoms with van der Waals surface area (Å²) in [6, 6.07) is 3.49. The Morgan fingerprint density at radius 1 is 1.17 bits per heavy atom. The summed E-state index contributed by atoms with van der Waals surface area (Å²) in [4.78, 5) is 12.1. The second-order valence-electron chi connectivity index (χ2n) is 6.04. The first kappa shape index (κ1) is 20.4. The highest BCUT2D eigenvalue weighted by Crippen LogP contribution is 2.30. The Labute approximate surface area is 175 Å². The van der Waals surface area contributed by atoms with Crippen LogP contribution in [0.2, 0.25) is 0 Å². The minimum Gasteiger partial charge on any atom is -0.251 e. The normalized spacial score (nSPS) is 12.6. The molecule has 4 aromatic rings. The zero-order valence-corrected chi connectivity index (χ0v) is 17.4. The molecule has 0 aliphatic carbocycles. The van der Waals surface area contributed by atoms with Crippen molar-refractivity contribution in [3.8, 4) is 17.1 Å². The Hall–Kier alpha value is -2.87. The van der Waals surface area contributed by atoms with E-state index in [0.717, 1.165) is 10.6 Å². The van der Waals surface area contributed by atoms with Crippen molar-refractivity contribution in [2.24, 2.45) is 0 Å². The molecule has 14 heteroatoms. The van der Waals surface area contributed by atoms with E-state index in [9.17, 15) is 21.6 Å². The summed E-state index contributed by atoms with van der Waals surface area (Å²) in [7, 11) is -3.75. The molecule has 156 valence electrons. The van der Waals surface area contributed by atoms with Crippen LogP contribution in [0.1, 0.15) is 12.6 Å². The third-order valence-electron chi connectivity index (χ3n) is 4.14. The maximum atomic E-state index is 12.9. The quantitative estimate of drug-likeness (QED) is 0.422. The fourth-order valence-corrected chi connectivity index (χ4v) is 3.99. The molecule has 0 saturated heterocycles. The number of fused-ring (bicyclic) bond motifs is 1. The first-order valence-corrected chi connectivity index (χ1v) is 10.8. The third-order valence-corrected chi connectivity index (χ3v) is 6.24. The number of hydrogen-bond acceptors (Lipinski definition) is 7. The Morgan fingerprint density at radius 2 is 1.93 bits per heavy atom. The summed E-state index contributed by atoms with van der Waals surface area (Å²) in [6.45, 7) is 1.47. The van der Waals surface area contributed by atoms with Gasteiger partial charge in [0, 0.05) is 12.3 Å². The minimum atomic E-state index is -4.63. The maximum Gasteiger partial charge on any atom is 0.435 e. The van der Waals surface area contributed by atoms with E-state index in [1.807, 2.05) is 0 Å². The molecule has 0 aliphatic rings. The number of sulfone groups is 1. The van der Waals surface area contributed by atoms with Crippen LogP contribution in [-0.4, -0.2) is 48.5 Å². The first-order valence-electron chi connectivity index (χ1n) is 8.33. The number of alkyl halides is 3. The van der Waals surface area contributed by atoms with Crippen LogP contribution in [0.25, 0.3) is 22.7 Å². The molecule has 0 saturated carbocycles. The summed E-state index contributed by atoms with van der Waals surface area (Å²) in [5.74, 6) is -0.209. The Kier molecular flexibility index (Phi) is 4.85. The molecule has 0 bridgehead atoms. The Morgan fingerprint density at radius 3 is 2.57 bits per heavy atom. The van der Waals surface area contributed by atoms with E-state index >= 15 is 0 Å². The Balaban J connectivity index is 1.89. The van der Waals surface area contributed by atoms with Crippen LogP contribution in [-0.2, 0) is 16.0 Å². The molecule has 0 aromatic carbocycles. The molecule has 0 spiro atoms. The average Bonchev–Trinajstić information content (AvgIpc) is 3.33. The molecular formula is C16H11BrF3N7O2S. The Bertz CT molecular complexity index is 1360. The average molecular weight is 502 g/mol. The monoisotopic (exact) mass is 501 g/mol. The van der Waals surface area contributed by atoms with Gasteiger partial charge < -0.3 is 0 Å². The smallest absolute Gasteiger partial charge is 0.251 e. The van der Waals surface area contributed by atoms with Gasteiger partial charge in [0.05, 0.1) is 28.2 Å². The summed E-state index contributed by atoms with van der Waals surface area (Å²) in [5.41, 5.74) is -0.750. The highest BCUT2D eigenvalue weighted by Gasteiger charge is 2.34. The van der Waals surface area contributed by atoms with Gasteiger partial charge >= 0.3 is 6.18 Å². The van der Waals surface area contributed by atoms with E-state index in [0.29, 0.717) is 10.4 Å². The summed E-state index contributed by atoms with van der Waals surface area (Å²) < 4.78 is 66.7. The molecule has 0 N–H and O–H groups in total. The van der Waals surface area contributed by atoms with E-state index in [1.54, 1.807) is 0 Å². The fraction of sp³-hybridized carbons (Fsp3) is 0.188. The molecule has 0 fully saturated rings. The fourth-order valence-electron chi connectivity index (χ4n) is 2.66. The van der Waals surface area contributed by atoms with Gasteiger partial charge in [0.15, 0.2) is 21.2 Å². The summed E-state index contributed by atoms with van der Waals surface area (Å²) in [5, 5.41) is 7.48. The number of halogens is 4. The van der Waals surface area contributed by atoms with Gasteiger partial charge in [0.2, 0.25) is 4.73 Å². The third kappa shape index (κ3) is 3.67. The number of nitrogens with zero attached hydrogens (tertiary/aromatic N) is 7. The molecule has 4 aromatic heterocycles. The largest absolute Gasteiger partial charge is 0.435 e. The van der Waals surface area contributed by atoms with Crippen LogP contribution >= 0.6 is 15.9 Å². The molecule has 30 heavy (non-hydrogen) atoms. The van der Waals surface area contributed by atoms with Crippen molar-refractivity contribution in [3.05, 3.63) is 47.3 Å². The number of rotatable bonds is 4. The second kappa shape index (κ2) is 7.12. The molecule has 0 amide bonds. The second-order valence-corrected chi connectivity index (χ2v) is 9.00. The van der Waals surface area contributed by atoms with Gasteiger partial charge in [0.1, 0.15) is 12.0 Å². The van der Waals surface area contributed by atoms with Crippen molar-refractivity contribution in [1.29, 1.82) is 0 Å². The molecule has 9 nitrogen and oxygen atoms in total. The van der Waals surface area contributed by atoms with Crippen LogP contribution < -0.4 is 0 Å². The van der Waals surface area contributed by atoms with Gasteiger partial charge in [-0.05, 0) is 28.1 Å². The van der Waals surface area contributed by atoms with Crippen molar-refractivity contribution >= 4 is 31.4 Å². The van der Waals surface area contributed by atoms with E-state index < -0.39 is 21.7 Å².